The third-order valence-electron chi connectivity index (χ3n) is 3.77. The van der Waals surface area contributed by atoms with Crippen LogP contribution in [0.4, 0.5) is 0 Å². The first-order valence-corrected chi connectivity index (χ1v) is 7.52. The summed E-state index contributed by atoms with van der Waals surface area (Å²) in [5.74, 6) is 0.264. The lowest BCUT2D eigenvalue weighted by atomic mass is 9.98. The molecular formula is C20H18O3. The van der Waals surface area contributed by atoms with E-state index in [1.807, 2.05) is 48.5 Å². The Kier molecular flexibility index (Phi) is 4.29. The second kappa shape index (κ2) is 6.53. The first-order valence-electron chi connectivity index (χ1n) is 7.52. The van der Waals surface area contributed by atoms with Crippen molar-refractivity contribution in [3.8, 4) is 16.9 Å². The molecule has 1 atom stereocenters. The molecule has 0 amide bonds. The fraction of sp³-hybridized carbons (Fsp3) is 0.150. The largest absolute Gasteiger partial charge is 0.479 e. The highest BCUT2D eigenvalue weighted by atomic mass is 16.6. The maximum Gasteiger partial charge on any atom is 0.346 e. The van der Waals surface area contributed by atoms with Crippen LogP contribution in [0.15, 0.2) is 66.7 Å². The van der Waals surface area contributed by atoms with Crippen LogP contribution in [0, 0.1) is 0 Å². The van der Waals surface area contributed by atoms with Gasteiger partial charge < -0.3 is 9.47 Å². The topological polar surface area (TPSA) is 35.5 Å². The van der Waals surface area contributed by atoms with Crippen molar-refractivity contribution in [1.29, 1.82) is 0 Å². The highest BCUT2D eigenvalue weighted by Crippen LogP contribution is 2.33. The molecule has 0 spiro atoms. The first-order chi connectivity index (χ1) is 11.2. The molecule has 0 heterocycles. The van der Waals surface area contributed by atoms with Crippen molar-refractivity contribution in [2.24, 2.45) is 0 Å². The smallest absolute Gasteiger partial charge is 0.346 e. The fourth-order valence-corrected chi connectivity index (χ4v) is 2.63. The third kappa shape index (κ3) is 3.19. The van der Waals surface area contributed by atoms with Gasteiger partial charge in [0.15, 0.2) is 6.10 Å². The molecule has 0 saturated heterocycles. The van der Waals surface area contributed by atoms with Gasteiger partial charge in [0, 0.05) is 0 Å². The summed E-state index contributed by atoms with van der Waals surface area (Å²) in [7, 11) is 1.36. The average molecular weight is 306 g/mol. The van der Waals surface area contributed by atoms with Gasteiger partial charge in [-0.05, 0) is 41.0 Å². The van der Waals surface area contributed by atoms with E-state index in [2.05, 4.69) is 18.2 Å². The minimum absolute atomic E-state index is 0.389. The summed E-state index contributed by atoms with van der Waals surface area (Å²) >= 11 is 0. The third-order valence-corrected chi connectivity index (χ3v) is 3.77. The van der Waals surface area contributed by atoms with Crippen molar-refractivity contribution in [2.75, 3.05) is 7.11 Å². The number of hydrogen-bond donors (Lipinski definition) is 0. The number of esters is 1. The van der Waals surface area contributed by atoms with Crippen molar-refractivity contribution in [3.63, 3.8) is 0 Å². The zero-order valence-electron chi connectivity index (χ0n) is 13.2. The lowest BCUT2D eigenvalue weighted by molar-refractivity contribution is -0.147. The Hall–Kier alpha value is -2.81. The molecule has 23 heavy (non-hydrogen) atoms. The molecule has 0 unspecified atom stereocenters. The Morgan fingerprint density at radius 1 is 0.957 bits per heavy atom. The number of carbonyl (C=O) groups is 1. The molecule has 0 aliphatic carbocycles. The van der Waals surface area contributed by atoms with Crippen LogP contribution in [0.2, 0.25) is 0 Å². The Morgan fingerprint density at radius 3 is 2.39 bits per heavy atom. The Labute approximate surface area is 135 Å². The van der Waals surface area contributed by atoms with Gasteiger partial charge in [-0.2, -0.15) is 0 Å². The van der Waals surface area contributed by atoms with Crippen molar-refractivity contribution < 1.29 is 14.3 Å². The van der Waals surface area contributed by atoms with E-state index in [0.717, 1.165) is 21.9 Å². The van der Waals surface area contributed by atoms with E-state index in [9.17, 15) is 4.79 Å². The molecule has 3 nitrogen and oxygen atoms in total. The number of hydrogen-bond acceptors (Lipinski definition) is 3. The molecule has 0 radical (unpaired) electrons. The van der Waals surface area contributed by atoms with Crippen LogP contribution in [0.1, 0.15) is 6.92 Å². The maximum atomic E-state index is 11.6. The molecule has 0 aliphatic heterocycles. The molecular weight excluding hydrogens is 288 g/mol. The normalized spacial score (nSPS) is 11.9. The highest BCUT2D eigenvalue weighted by molar-refractivity contribution is 5.98. The number of benzene rings is 3. The summed E-state index contributed by atoms with van der Waals surface area (Å²) in [5.41, 5.74) is 2.19. The van der Waals surface area contributed by atoms with Crippen LogP contribution >= 0.6 is 0 Å². The van der Waals surface area contributed by atoms with Gasteiger partial charge in [-0.25, -0.2) is 4.79 Å². The van der Waals surface area contributed by atoms with Crippen LogP contribution < -0.4 is 4.74 Å². The molecule has 0 aliphatic rings. The van der Waals surface area contributed by atoms with E-state index < -0.39 is 6.10 Å². The van der Waals surface area contributed by atoms with Gasteiger partial charge in [0.2, 0.25) is 0 Å². The fourth-order valence-electron chi connectivity index (χ4n) is 2.63. The van der Waals surface area contributed by atoms with Gasteiger partial charge in [0.05, 0.1) is 7.11 Å². The summed E-state index contributed by atoms with van der Waals surface area (Å²) in [6.07, 6.45) is -0.648. The van der Waals surface area contributed by atoms with Gasteiger partial charge in [-0.15, -0.1) is 0 Å². The molecule has 3 aromatic rings. The van der Waals surface area contributed by atoms with E-state index in [-0.39, 0.29) is 5.97 Å². The lowest BCUT2D eigenvalue weighted by Crippen LogP contribution is -2.24. The maximum absolute atomic E-state index is 11.6. The summed E-state index contributed by atoms with van der Waals surface area (Å²) in [6, 6.07) is 22.2. The van der Waals surface area contributed by atoms with E-state index in [1.165, 1.54) is 7.11 Å². The lowest BCUT2D eigenvalue weighted by Gasteiger charge is -2.15. The zero-order chi connectivity index (χ0) is 16.2. The quantitative estimate of drug-likeness (QED) is 0.668. The second-order valence-electron chi connectivity index (χ2n) is 5.34. The van der Waals surface area contributed by atoms with Gasteiger partial charge in [0.25, 0.3) is 0 Å². The van der Waals surface area contributed by atoms with E-state index in [4.69, 9.17) is 9.47 Å². The van der Waals surface area contributed by atoms with Gasteiger partial charge in [-0.3, -0.25) is 0 Å². The molecule has 0 saturated carbocycles. The number of carbonyl (C=O) groups excluding carboxylic acids is 1. The molecule has 116 valence electrons. The standard InChI is InChI=1S/C20H18O3/c1-14(20(21)22-2)23-17-12-16-10-6-7-11-18(16)19(13-17)15-8-4-3-5-9-15/h3-14H,1-2H3/t14-/m0/s1. The number of ether oxygens (including phenoxy) is 2. The monoisotopic (exact) mass is 306 g/mol. The van der Waals surface area contributed by atoms with E-state index in [0.29, 0.717) is 5.75 Å². The average Bonchev–Trinajstić information content (AvgIpc) is 2.61. The predicted molar refractivity (Wildman–Crippen MR) is 91.5 cm³/mol. The van der Waals surface area contributed by atoms with Crippen molar-refractivity contribution in [2.45, 2.75) is 13.0 Å². The van der Waals surface area contributed by atoms with Gasteiger partial charge in [-0.1, -0.05) is 54.6 Å². The molecule has 3 rings (SSSR count). The number of methoxy groups -OCH3 is 1. The molecule has 3 heteroatoms. The van der Waals surface area contributed by atoms with Gasteiger partial charge >= 0.3 is 5.97 Å². The molecule has 0 N–H and O–H groups in total. The minimum atomic E-state index is -0.648. The Bertz CT molecular complexity index is 825. The summed E-state index contributed by atoms with van der Waals surface area (Å²) in [6.45, 7) is 1.68. The molecule has 3 aromatic carbocycles. The van der Waals surface area contributed by atoms with Crippen LogP contribution in [0.25, 0.3) is 21.9 Å². The molecule has 0 fully saturated rings. The van der Waals surface area contributed by atoms with Crippen LogP contribution in [-0.2, 0) is 9.53 Å². The van der Waals surface area contributed by atoms with E-state index >= 15 is 0 Å². The highest BCUT2D eigenvalue weighted by Gasteiger charge is 2.16. The zero-order valence-corrected chi connectivity index (χ0v) is 13.2. The summed E-state index contributed by atoms with van der Waals surface area (Å²) in [5, 5.41) is 2.22. The van der Waals surface area contributed by atoms with Crippen molar-refractivity contribution in [3.05, 3.63) is 66.7 Å². The van der Waals surface area contributed by atoms with Crippen molar-refractivity contribution in [1.82, 2.24) is 0 Å². The van der Waals surface area contributed by atoms with E-state index in [1.54, 1.807) is 6.92 Å². The SMILES string of the molecule is COC(=O)[C@H](C)Oc1cc(-c2ccccc2)c2ccccc2c1. The van der Waals surface area contributed by atoms with Crippen molar-refractivity contribution >= 4 is 16.7 Å². The van der Waals surface area contributed by atoms with Crippen LogP contribution in [-0.4, -0.2) is 19.2 Å². The Balaban J connectivity index is 2.09. The Morgan fingerprint density at radius 2 is 1.65 bits per heavy atom. The predicted octanol–water partition coefficient (Wildman–Crippen LogP) is 4.45. The van der Waals surface area contributed by atoms with Crippen LogP contribution in [0.5, 0.6) is 5.75 Å². The summed E-state index contributed by atoms with van der Waals surface area (Å²) in [4.78, 5) is 11.6. The molecule has 0 bridgehead atoms. The summed E-state index contributed by atoms with van der Waals surface area (Å²) < 4.78 is 10.5. The van der Waals surface area contributed by atoms with Gasteiger partial charge in [0.1, 0.15) is 5.75 Å². The minimum Gasteiger partial charge on any atom is -0.479 e. The van der Waals surface area contributed by atoms with Crippen LogP contribution in [0.3, 0.4) is 0 Å². The number of rotatable bonds is 4. The first kappa shape index (κ1) is 15.1. The second-order valence-corrected chi connectivity index (χ2v) is 5.34. The number of fused-ring (bicyclic) bond motifs is 1. The molecule has 0 aromatic heterocycles.